The van der Waals surface area contributed by atoms with Crippen LogP contribution in [-0.4, -0.2) is 41.8 Å². The highest BCUT2D eigenvalue weighted by Crippen LogP contribution is 2.35. The molecule has 0 N–H and O–H groups in total. The molecule has 1 aliphatic heterocycles. The van der Waals surface area contributed by atoms with Gasteiger partial charge >= 0.3 is 0 Å². The summed E-state index contributed by atoms with van der Waals surface area (Å²) in [7, 11) is 1.63. The summed E-state index contributed by atoms with van der Waals surface area (Å²) in [6, 6.07) is 10.8. The first-order chi connectivity index (χ1) is 15.5. The fourth-order valence-electron chi connectivity index (χ4n) is 3.64. The summed E-state index contributed by atoms with van der Waals surface area (Å²) in [5, 5.41) is 1.55. The molecule has 2 aromatic carbocycles. The van der Waals surface area contributed by atoms with Crippen LogP contribution < -0.4 is 9.47 Å². The standard InChI is InChI=1S/C23H23Cl3N2O4/c1-29-17-2-4-18(5-3-17)30-12-19-13-31-23(32-19,14-28-9-8-27-15-28)7-6-20-21(25)10-16(24)11-22(20)26/h2-5,8-11,15,19H,6-7,12-14H2,1H3. The van der Waals surface area contributed by atoms with Gasteiger partial charge in [-0.2, -0.15) is 0 Å². The predicted molar refractivity (Wildman–Crippen MR) is 124 cm³/mol. The number of benzene rings is 2. The molecule has 0 saturated carbocycles. The fraction of sp³-hybridized carbons (Fsp3) is 0.348. The van der Waals surface area contributed by atoms with E-state index >= 15 is 0 Å². The molecule has 0 spiro atoms. The lowest BCUT2D eigenvalue weighted by molar-refractivity contribution is -0.184. The van der Waals surface area contributed by atoms with Crippen molar-refractivity contribution in [2.24, 2.45) is 0 Å². The van der Waals surface area contributed by atoms with Crippen LogP contribution in [0.15, 0.2) is 55.1 Å². The van der Waals surface area contributed by atoms with Crippen molar-refractivity contribution in [2.75, 3.05) is 20.3 Å². The van der Waals surface area contributed by atoms with Gasteiger partial charge in [0.05, 0.1) is 26.6 Å². The van der Waals surface area contributed by atoms with Gasteiger partial charge in [0, 0.05) is 33.9 Å². The first-order valence-corrected chi connectivity index (χ1v) is 11.3. The number of nitrogens with zero attached hydrogens (tertiary/aromatic N) is 2. The lowest BCUT2D eigenvalue weighted by atomic mass is 10.0. The average Bonchev–Trinajstić information content (AvgIpc) is 3.42. The van der Waals surface area contributed by atoms with Crippen LogP contribution >= 0.6 is 34.8 Å². The highest BCUT2D eigenvalue weighted by atomic mass is 35.5. The lowest BCUT2D eigenvalue weighted by Gasteiger charge is -2.29. The Morgan fingerprint density at radius 3 is 2.50 bits per heavy atom. The van der Waals surface area contributed by atoms with Crippen LogP contribution in [0.4, 0.5) is 0 Å². The van der Waals surface area contributed by atoms with Crippen LogP contribution in [0.3, 0.4) is 0 Å². The molecule has 2 heterocycles. The first-order valence-electron chi connectivity index (χ1n) is 10.1. The molecule has 170 valence electrons. The van der Waals surface area contributed by atoms with Gasteiger partial charge < -0.3 is 23.5 Å². The van der Waals surface area contributed by atoms with Crippen LogP contribution in [0.5, 0.6) is 11.5 Å². The quantitative estimate of drug-likeness (QED) is 0.381. The summed E-state index contributed by atoms with van der Waals surface area (Å²) >= 11 is 18.8. The third-order valence-electron chi connectivity index (χ3n) is 5.25. The summed E-state index contributed by atoms with van der Waals surface area (Å²) in [6.45, 7) is 1.25. The molecule has 9 heteroatoms. The van der Waals surface area contributed by atoms with Gasteiger partial charge in [-0.05, 0) is 48.4 Å². The molecule has 1 aliphatic rings. The highest BCUT2D eigenvalue weighted by molar-refractivity contribution is 6.39. The predicted octanol–water partition coefficient (Wildman–Crippen LogP) is 5.68. The summed E-state index contributed by atoms with van der Waals surface area (Å²) in [5.74, 6) is 0.652. The van der Waals surface area contributed by atoms with Gasteiger partial charge in [0.25, 0.3) is 0 Å². The lowest BCUT2D eigenvalue weighted by Crippen LogP contribution is -2.37. The molecule has 2 atom stereocenters. The maximum absolute atomic E-state index is 6.38. The van der Waals surface area contributed by atoms with Crippen LogP contribution in [0.25, 0.3) is 0 Å². The zero-order chi connectivity index (χ0) is 22.6. The van der Waals surface area contributed by atoms with E-state index in [-0.39, 0.29) is 6.10 Å². The van der Waals surface area contributed by atoms with Crippen molar-refractivity contribution in [1.29, 1.82) is 0 Å². The molecule has 4 rings (SSSR count). The van der Waals surface area contributed by atoms with Gasteiger partial charge in [-0.15, -0.1) is 0 Å². The molecular weight excluding hydrogens is 475 g/mol. The summed E-state index contributed by atoms with van der Waals surface area (Å²) in [4.78, 5) is 4.12. The third-order valence-corrected chi connectivity index (χ3v) is 6.15. The molecule has 0 aliphatic carbocycles. The van der Waals surface area contributed by atoms with E-state index in [1.807, 2.05) is 35.0 Å². The maximum atomic E-state index is 6.38. The molecular formula is C23H23Cl3N2O4. The highest BCUT2D eigenvalue weighted by Gasteiger charge is 2.42. The normalized spacial score (nSPS) is 20.4. The fourth-order valence-corrected chi connectivity index (χ4v) is 4.64. The Balaban J connectivity index is 1.43. The molecule has 0 amide bonds. The van der Waals surface area contributed by atoms with E-state index in [0.29, 0.717) is 47.7 Å². The Morgan fingerprint density at radius 1 is 1.12 bits per heavy atom. The van der Waals surface area contributed by atoms with Gasteiger partial charge in [0.1, 0.15) is 24.2 Å². The maximum Gasteiger partial charge on any atom is 0.187 e. The number of imidazole rings is 1. The van der Waals surface area contributed by atoms with E-state index in [0.717, 1.165) is 17.1 Å². The van der Waals surface area contributed by atoms with Crippen LogP contribution in [0.1, 0.15) is 12.0 Å². The smallest absolute Gasteiger partial charge is 0.187 e. The van der Waals surface area contributed by atoms with E-state index in [1.54, 1.807) is 31.8 Å². The number of halogens is 3. The topological polar surface area (TPSA) is 54.7 Å². The number of aromatic nitrogens is 2. The third kappa shape index (κ3) is 5.69. The van der Waals surface area contributed by atoms with E-state index in [2.05, 4.69) is 4.98 Å². The van der Waals surface area contributed by atoms with Crippen molar-refractivity contribution in [3.8, 4) is 11.5 Å². The Morgan fingerprint density at radius 2 is 1.84 bits per heavy atom. The van der Waals surface area contributed by atoms with E-state index in [4.69, 9.17) is 53.8 Å². The minimum atomic E-state index is -0.860. The molecule has 0 radical (unpaired) electrons. The van der Waals surface area contributed by atoms with Crippen molar-refractivity contribution in [3.05, 3.63) is 75.8 Å². The van der Waals surface area contributed by atoms with Gasteiger partial charge in [-0.1, -0.05) is 34.8 Å². The number of rotatable bonds is 9. The molecule has 2 unspecified atom stereocenters. The Kier molecular flexibility index (Phi) is 7.48. The molecule has 1 saturated heterocycles. The Hall–Kier alpha value is -1.96. The van der Waals surface area contributed by atoms with Crippen molar-refractivity contribution in [3.63, 3.8) is 0 Å². The van der Waals surface area contributed by atoms with Crippen molar-refractivity contribution in [1.82, 2.24) is 9.55 Å². The minimum absolute atomic E-state index is 0.225. The molecule has 1 fully saturated rings. The molecule has 3 aromatic rings. The second-order valence-electron chi connectivity index (χ2n) is 7.53. The molecule has 0 bridgehead atoms. The van der Waals surface area contributed by atoms with E-state index in [9.17, 15) is 0 Å². The average molecular weight is 498 g/mol. The monoisotopic (exact) mass is 496 g/mol. The van der Waals surface area contributed by atoms with Crippen molar-refractivity contribution in [2.45, 2.75) is 31.3 Å². The van der Waals surface area contributed by atoms with Crippen molar-refractivity contribution < 1.29 is 18.9 Å². The largest absolute Gasteiger partial charge is 0.497 e. The zero-order valence-electron chi connectivity index (χ0n) is 17.5. The Bertz CT molecular complexity index is 1010. The van der Waals surface area contributed by atoms with Crippen LogP contribution in [-0.2, 0) is 22.4 Å². The number of ether oxygens (including phenoxy) is 4. The van der Waals surface area contributed by atoms with Gasteiger partial charge in [-0.3, -0.25) is 0 Å². The minimum Gasteiger partial charge on any atom is -0.497 e. The van der Waals surface area contributed by atoms with Gasteiger partial charge in [0.15, 0.2) is 5.79 Å². The second kappa shape index (κ2) is 10.3. The Labute approximate surface area is 201 Å². The first kappa shape index (κ1) is 23.2. The number of hydrogen-bond donors (Lipinski definition) is 0. The van der Waals surface area contributed by atoms with Gasteiger partial charge in [0.2, 0.25) is 0 Å². The molecule has 6 nitrogen and oxygen atoms in total. The summed E-state index contributed by atoms with van der Waals surface area (Å²) in [6.07, 6.45) is 6.22. The summed E-state index contributed by atoms with van der Waals surface area (Å²) in [5.41, 5.74) is 0.813. The van der Waals surface area contributed by atoms with Crippen molar-refractivity contribution >= 4 is 34.8 Å². The SMILES string of the molecule is COc1ccc(OCC2COC(CCc3c(Cl)cc(Cl)cc3Cl)(Cn3ccnc3)O2)cc1. The van der Waals surface area contributed by atoms with E-state index in [1.165, 1.54) is 0 Å². The number of hydrogen-bond acceptors (Lipinski definition) is 5. The van der Waals surface area contributed by atoms with E-state index < -0.39 is 5.79 Å². The summed E-state index contributed by atoms with van der Waals surface area (Å²) < 4.78 is 25.6. The second-order valence-corrected chi connectivity index (χ2v) is 8.78. The zero-order valence-corrected chi connectivity index (χ0v) is 19.7. The van der Waals surface area contributed by atoms with Crippen LogP contribution in [0, 0.1) is 0 Å². The van der Waals surface area contributed by atoms with Crippen LogP contribution in [0.2, 0.25) is 15.1 Å². The van der Waals surface area contributed by atoms with Gasteiger partial charge in [-0.25, -0.2) is 4.98 Å². The molecule has 32 heavy (non-hydrogen) atoms. The number of methoxy groups -OCH3 is 1. The molecule has 1 aromatic heterocycles.